The maximum atomic E-state index is 11.3. The van der Waals surface area contributed by atoms with Crippen LogP contribution in [0.4, 0.5) is 0 Å². The fraction of sp³-hybridized carbons (Fsp3) is 0.889. The standard InChI is InChI=1S/C9H17NO4S2/c1-9(3-6-16(11,12)7-9)10-8(15)14-5-4-13-2/h3-7H2,1-2H3,(H,10,15). The van der Waals surface area contributed by atoms with E-state index < -0.39 is 15.4 Å². The van der Waals surface area contributed by atoms with Gasteiger partial charge in [-0.15, -0.1) is 0 Å². The third-order valence-corrected chi connectivity index (χ3v) is 4.55. The molecule has 0 aliphatic carbocycles. The van der Waals surface area contributed by atoms with Crippen LogP contribution in [0.2, 0.25) is 0 Å². The molecule has 5 nitrogen and oxygen atoms in total. The van der Waals surface area contributed by atoms with E-state index in [2.05, 4.69) is 5.32 Å². The molecule has 1 atom stereocenters. The van der Waals surface area contributed by atoms with E-state index in [9.17, 15) is 8.42 Å². The summed E-state index contributed by atoms with van der Waals surface area (Å²) in [6.07, 6.45) is 0.559. The van der Waals surface area contributed by atoms with Crippen LogP contribution in [0, 0.1) is 0 Å². The molecular formula is C9H17NO4S2. The third-order valence-electron chi connectivity index (χ3n) is 2.43. The number of rotatable bonds is 4. The normalized spacial score (nSPS) is 27.6. The van der Waals surface area contributed by atoms with Crippen molar-refractivity contribution in [3.8, 4) is 0 Å². The van der Waals surface area contributed by atoms with E-state index in [0.29, 0.717) is 19.6 Å². The van der Waals surface area contributed by atoms with Gasteiger partial charge < -0.3 is 14.8 Å². The Hall–Kier alpha value is -0.400. The molecule has 0 aromatic heterocycles. The van der Waals surface area contributed by atoms with Crippen LogP contribution in [0.5, 0.6) is 0 Å². The Bertz CT molecular complexity index is 355. The van der Waals surface area contributed by atoms with Crippen molar-refractivity contribution in [1.29, 1.82) is 0 Å². The molecule has 0 aromatic rings. The van der Waals surface area contributed by atoms with Gasteiger partial charge in [0, 0.05) is 7.11 Å². The highest BCUT2D eigenvalue weighted by Crippen LogP contribution is 2.22. The van der Waals surface area contributed by atoms with Gasteiger partial charge in [0.05, 0.1) is 23.7 Å². The number of thiocarbonyl (C=S) groups is 1. The van der Waals surface area contributed by atoms with Crippen LogP contribution in [0.1, 0.15) is 13.3 Å². The maximum absolute atomic E-state index is 11.3. The first-order valence-corrected chi connectivity index (χ1v) is 7.24. The van der Waals surface area contributed by atoms with Gasteiger partial charge in [0.1, 0.15) is 6.61 Å². The van der Waals surface area contributed by atoms with E-state index in [1.165, 1.54) is 0 Å². The zero-order valence-corrected chi connectivity index (χ0v) is 11.1. The average Bonchev–Trinajstić information content (AvgIpc) is 2.40. The van der Waals surface area contributed by atoms with Gasteiger partial charge in [-0.2, -0.15) is 0 Å². The highest BCUT2D eigenvalue weighted by Gasteiger charge is 2.39. The van der Waals surface area contributed by atoms with Gasteiger partial charge in [0.15, 0.2) is 9.84 Å². The molecule has 1 unspecified atom stereocenters. The predicted octanol–water partition coefficient (Wildman–Crippen LogP) is 0.101. The summed E-state index contributed by atoms with van der Waals surface area (Å²) in [6, 6.07) is 0. The molecular weight excluding hydrogens is 250 g/mol. The van der Waals surface area contributed by atoms with Crippen molar-refractivity contribution in [3.05, 3.63) is 0 Å². The zero-order chi connectivity index (χ0) is 12.2. The molecule has 1 N–H and O–H groups in total. The van der Waals surface area contributed by atoms with Gasteiger partial charge in [0.25, 0.3) is 5.17 Å². The molecule has 0 radical (unpaired) electrons. The first-order valence-electron chi connectivity index (χ1n) is 5.01. The number of hydrogen-bond acceptors (Lipinski definition) is 5. The van der Waals surface area contributed by atoms with Crippen LogP contribution < -0.4 is 5.32 Å². The lowest BCUT2D eigenvalue weighted by atomic mass is 10.0. The fourth-order valence-electron chi connectivity index (χ4n) is 1.61. The lowest BCUT2D eigenvalue weighted by molar-refractivity contribution is 0.138. The van der Waals surface area contributed by atoms with Crippen LogP contribution in [-0.2, 0) is 19.3 Å². The Labute approximate surface area is 101 Å². The average molecular weight is 267 g/mol. The van der Waals surface area contributed by atoms with Gasteiger partial charge in [-0.05, 0) is 25.6 Å². The summed E-state index contributed by atoms with van der Waals surface area (Å²) < 4.78 is 32.7. The van der Waals surface area contributed by atoms with E-state index >= 15 is 0 Å². The minimum Gasteiger partial charge on any atom is -0.469 e. The molecule has 1 saturated heterocycles. The number of nitrogens with one attached hydrogen (secondary N) is 1. The van der Waals surface area contributed by atoms with E-state index in [4.69, 9.17) is 21.7 Å². The lowest BCUT2D eigenvalue weighted by Gasteiger charge is -2.25. The van der Waals surface area contributed by atoms with Gasteiger partial charge in [0.2, 0.25) is 0 Å². The van der Waals surface area contributed by atoms with Crippen LogP contribution in [0.3, 0.4) is 0 Å². The highest BCUT2D eigenvalue weighted by molar-refractivity contribution is 7.91. The molecule has 1 rings (SSSR count). The number of methoxy groups -OCH3 is 1. The Balaban J connectivity index is 2.39. The van der Waals surface area contributed by atoms with E-state index in [0.717, 1.165) is 0 Å². The van der Waals surface area contributed by atoms with Crippen molar-refractivity contribution in [2.24, 2.45) is 0 Å². The quantitative estimate of drug-likeness (QED) is 0.576. The minimum absolute atomic E-state index is 0.105. The summed E-state index contributed by atoms with van der Waals surface area (Å²) >= 11 is 4.97. The Morgan fingerprint density at radius 1 is 1.50 bits per heavy atom. The molecule has 0 bridgehead atoms. The Kier molecular flexibility index (Phi) is 4.52. The molecule has 1 aliphatic heterocycles. The Morgan fingerprint density at radius 2 is 2.19 bits per heavy atom. The second-order valence-corrected chi connectivity index (χ2v) is 6.71. The second-order valence-electron chi connectivity index (χ2n) is 4.16. The van der Waals surface area contributed by atoms with Crippen molar-refractivity contribution in [2.75, 3.05) is 31.8 Å². The summed E-state index contributed by atoms with van der Waals surface area (Å²) in [4.78, 5) is 0. The monoisotopic (exact) mass is 267 g/mol. The zero-order valence-electron chi connectivity index (χ0n) is 9.49. The Morgan fingerprint density at radius 3 is 2.69 bits per heavy atom. The first-order chi connectivity index (χ1) is 7.37. The van der Waals surface area contributed by atoms with E-state index in [1.54, 1.807) is 7.11 Å². The molecule has 16 heavy (non-hydrogen) atoms. The van der Waals surface area contributed by atoms with E-state index in [1.807, 2.05) is 6.92 Å². The highest BCUT2D eigenvalue weighted by atomic mass is 32.2. The van der Waals surface area contributed by atoms with Gasteiger partial charge in [-0.1, -0.05) is 0 Å². The van der Waals surface area contributed by atoms with Crippen LogP contribution in [0.15, 0.2) is 0 Å². The van der Waals surface area contributed by atoms with Gasteiger partial charge in [-0.25, -0.2) is 8.42 Å². The SMILES string of the molecule is COCCOC(=S)NC1(C)CCS(=O)(=O)C1. The first kappa shape index (κ1) is 13.7. The summed E-state index contributed by atoms with van der Waals surface area (Å²) in [5, 5.41) is 3.18. The van der Waals surface area contributed by atoms with Gasteiger partial charge >= 0.3 is 0 Å². The summed E-state index contributed by atoms with van der Waals surface area (Å²) in [7, 11) is -1.35. The molecule has 1 aliphatic rings. The van der Waals surface area contributed by atoms with Crippen molar-refractivity contribution in [1.82, 2.24) is 5.32 Å². The third kappa shape index (κ3) is 4.23. The molecule has 1 fully saturated rings. The van der Waals surface area contributed by atoms with Gasteiger partial charge in [-0.3, -0.25) is 0 Å². The van der Waals surface area contributed by atoms with E-state index in [-0.39, 0.29) is 16.7 Å². The number of sulfone groups is 1. The minimum atomic E-state index is -2.93. The summed E-state index contributed by atoms with van der Waals surface area (Å²) in [5.74, 6) is 0.310. The molecule has 94 valence electrons. The number of hydrogen-bond donors (Lipinski definition) is 1. The molecule has 1 heterocycles. The predicted molar refractivity (Wildman–Crippen MR) is 65.2 cm³/mol. The van der Waals surface area contributed by atoms with Crippen molar-refractivity contribution < 1.29 is 17.9 Å². The topological polar surface area (TPSA) is 64.6 Å². The summed E-state index contributed by atoms with van der Waals surface area (Å²) in [5.41, 5.74) is -0.497. The molecule has 0 saturated carbocycles. The largest absolute Gasteiger partial charge is 0.469 e. The summed E-state index contributed by atoms with van der Waals surface area (Å²) in [6.45, 7) is 2.66. The van der Waals surface area contributed by atoms with Crippen LogP contribution in [0.25, 0.3) is 0 Å². The second kappa shape index (κ2) is 5.29. The molecule has 7 heteroatoms. The molecule has 0 aromatic carbocycles. The maximum Gasteiger partial charge on any atom is 0.257 e. The van der Waals surface area contributed by atoms with Crippen LogP contribution in [-0.4, -0.2) is 51.0 Å². The fourth-order valence-corrected chi connectivity index (χ4v) is 4.03. The molecule has 0 amide bonds. The molecule has 0 spiro atoms. The lowest BCUT2D eigenvalue weighted by Crippen LogP contribution is -2.47. The van der Waals surface area contributed by atoms with Crippen molar-refractivity contribution in [3.63, 3.8) is 0 Å². The van der Waals surface area contributed by atoms with Crippen LogP contribution >= 0.6 is 12.2 Å². The smallest absolute Gasteiger partial charge is 0.257 e. The van der Waals surface area contributed by atoms with Crippen molar-refractivity contribution >= 4 is 27.2 Å². The van der Waals surface area contributed by atoms with Crippen molar-refractivity contribution in [2.45, 2.75) is 18.9 Å². The number of ether oxygens (including phenoxy) is 2.